The second kappa shape index (κ2) is 9.44. The van der Waals surface area contributed by atoms with E-state index in [0.717, 1.165) is 4.47 Å². The van der Waals surface area contributed by atoms with E-state index in [9.17, 15) is 4.79 Å². The van der Waals surface area contributed by atoms with Crippen molar-refractivity contribution in [2.45, 2.75) is 20.0 Å². The van der Waals surface area contributed by atoms with Gasteiger partial charge in [0.2, 0.25) is 0 Å². The van der Waals surface area contributed by atoms with Crippen molar-refractivity contribution in [3.05, 3.63) is 52.5 Å². The van der Waals surface area contributed by atoms with Gasteiger partial charge in [0.25, 0.3) is 5.91 Å². The van der Waals surface area contributed by atoms with Gasteiger partial charge < -0.3 is 19.5 Å². The molecular formula is C19H22BrNO4. The molecule has 134 valence electrons. The monoisotopic (exact) mass is 407 g/mol. The highest BCUT2D eigenvalue weighted by Gasteiger charge is 2.11. The molecule has 6 heteroatoms. The van der Waals surface area contributed by atoms with Gasteiger partial charge in [-0.15, -0.1) is 0 Å². The minimum absolute atomic E-state index is 0.0665. The molecule has 0 aliphatic rings. The molecule has 2 aromatic carbocycles. The number of benzene rings is 2. The molecule has 2 rings (SSSR count). The lowest BCUT2D eigenvalue weighted by Gasteiger charge is -2.13. The summed E-state index contributed by atoms with van der Waals surface area (Å²) >= 11 is 3.44. The quantitative estimate of drug-likeness (QED) is 0.653. The lowest BCUT2D eigenvalue weighted by molar-refractivity contribution is 0.102. The van der Waals surface area contributed by atoms with E-state index >= 15 is 0 Å². The van der Waals surface area contributed by atoms with Crippen LogP contribution in [0.4, 0.5) is 5.69 Å². The van der Waals surface area contributed by atoms with Crippen LogP contribution < -0.4 is 14.8 Å². The van der Waals surface area contributed by atoms with E-state index in [2.05, 4.69) is 21.2 Å². The van der Waals surface area contributed by atoms with Crippen molar-refractivity contribution in [3.63, 3.8) is 0 Å². The topological polar surface area (TPSA) is 56.8 Å². The molecule has 0 unspecified atom stereocenters. The normalized spacial score (nSPS) is 10.6. The van der Waals surface area contributed by atoms with Crippen LogP contribution in [0.25, 0.3) is 0 Å². The molecule has 0 heterocycles. The van der Waals surface area contributed by atoms with Crippen LogP contribution in [-0.2, 0) is 4.74 Å². The maximum Gasteiger partial charge on any atom is 0.255 e. The predicted octanol–water partition coefficient (Wildman–Crippen LogP) is 4.51. The smallest absolute Gasteiger partial charge is 0.255 e. The molecule has 2 aromatic rings. The molecule has 0 aliphatic heterocycles. The summed E-state index contributed by atoms with van der Waals surface area (Å²) in [7, 11) is 1.62. The molecule has 0 atom stereocenters. The van der Waals surface area contributed by atoms with Gasteiger partial charge in [-0.25, -0.2) is 0 Å². The van der Waals surface area contributed by atoms with Crippen LogP contribution in [-0.4, -0.2) is 32.3 Å². The highest BCUT2D eigenvalue weighted by Crippen LogP contribution is 2.27. The van der Waals surface area contributed by atoms with Gasteiger partial charge in [-0.05, 0) is 60.1 Å². The Labute approximate surface area is 156 Å². The first-order valence-corrected chi connectivity index (χ1v) is 8.78. The van der Waals surface area contributed by atoms with Gasteiger partial charge in [0.1, 0.15) is 18.1 Å². The largest absolute Gasteiger partial charge is 0.491 e. The number of amides is 1. The molecule has 1 N–H and O–H groups in total. The zero-order chi connectivity index (χ0) is 18.2. The van der Waals surface area contributed by atoms with Crippen molar-refractivity contribution in [3.8, 4) is 11.5 Å². The van der Waals surface area contributed by atoms with E-state index < -0.39 is 0 Å². The molecule has 0 radical (unpaired) electrons. The first-order valence-electron chi connectivity index (χ1n) is 7.99. The van der Waals surface area contributed by atoms with Crippen molar-refractivity contribution in [2.75, 3.05) is 25.6 Å². The standard InChI is InChI=1S/C19H22BrNO4/c1-13(2)25-18-8-7-14(11-17(18)20)19(22)21-15-5-4-6-16(12-15)24-10-9-23-3/h4-8,11-13H,9-10H2,1-3H3,(H,21,22). The summed E-state index contributed by atoms with van der Waals surface area (Å²) in [6.45, 7) is 4.87. The number of carbonyl (C=O) groups is 1. The fourth-order valence-electron chi connectivity index (χ4n) is 2.10. The number of methoxy groups -OCH3 is 1. The Hall–Kier alpha value is -2.05. The molecule has 0 bridgehead atoms. The first kappa shape index (κ1) is 19.3. The second-order valence-electron chi connectivity index (χ2n) is 5.64. The summed E-state index contributed by atoms with van der Waals surface area (Å²) in [5.74, 6) is 1.18. The Morgan fingerprint density at radius 1 is 1.16 bits per heavy atom. The van der Waals surface area contributed by atoms with Gasteiger partial charge in [-0.3, -0.25) is 4.79 Å². The molecule has 0 aromatic heterocycles. The zero-order valence-corrected chi connectivity index (χ0v) is 16.1. The van der Waals surface area contributed by atoms with Crippen LogP contribution >= 0.6 is 15.9 Å². The predicted molar refractivity (Wildman–Crippen MR) is 102 cm³/mol. The Balaban J connectivity index is 2.04. The molecule has 1 amide bonds. The Kier molecular flexibility index (Phi) is 7.28. The fourth-order valence-corrected chi connectivity index (χ4v) is 2.57. The van der Waals surface area contributed by atoms with Gasteiger partial charge in [0.15, 0.2) is 0 Å². The number of hydrogen-bond acceptors (Lipinski definition) is 4. The van der Waals surface area contributed by atoms with E-state index in [1.807, 2.05) is 32.0 Å². The average Bonchev–Trinajstić information content (AvgIpc) is 2.57. The molecule has 0 aliphatic carbocycles. The highest BCUT2D eigenvalue weighted by molar-refractivity contribution is 9.10. The van der Waals surface area contributed by atoms with E-state index in [0.29, 0.717) is 36.0 Å². The third-order valence-corrected chi connectivity index (χ3v) is 3.82. The van der Waals surface area contributed by atoms with Crippen LogP contribution in [0, 0.1) is 0 Å². The van der Waals surface area contributed by atoms with Crippen molar-refractivity contribution in [1.29, 1.82) is 0 Å². The van der Waals surface area contributed by atoms with Gasteiger partial charge in [-0.1, -0.05) is 6.07 Å². The van der Waals surface area contributed by atoms with E-state index in [1.165, 1.54) is 0 Å². The molecule has 25 heavy (non-hydrogen) atoms. The van der Waals surface area contributed by atoms with E-state index in [4.69, 9.17) is 14.2 Å². The van der Waals surface area contributed by atoms with E-state index in [1.54, 1.807) is 31.4 Å². The van der Waals surface area contributed by atoms with Crippen LogP contribution in [0.3, 0.4) is 0 Å². The summed E-state index contributed by atoms with van der Waals surface area (Å²) in [4.78, 5) is 12.4. The third-order valence-electron chi connectivity index (χ3n) is 3.20. The lowest BCUT2D eigenvalue weighted by atomic mass is 10.2. The first-order chi connectivity index (χ1) is 12.0. The molecule has 5 nitrogen and oxygen atoms in total. The van der Waals surface area contributed by atoms with Gasteiger partial charge in [0.05, 0.1) is 17.2 Å². The summed E-state index contributed by atoms with van der Waals surface area (Å²) in [5.41, 5.74) is 1.20. The maximum atomic E-state index is 12.4. The molecule has 0 spiro atoms. The minimum atomic E-state index is -0.203. The summed E-state index contributed by atoms with van der Waals surface area (Å²) in [6, 6.07) is 12.5. The van der Waals surface area contributed by atoms with Crippen molar-refractivity contribution in [2.24, 2.45) is 0 Å². The highest BCUT2D eigenvalue weighted by atomic mass is 79.9. The summed E-state index contributed by atoms with van der Waals surface area (Å²) in [6.07, 6.45) is 0.0665. The lowest BCUT2D eigenvalue weighted by Crippen LogP contribution is -2.13. The number of halogens is 1. The fraction of sp³-hybridized carbons (Fsp3) is 0.316. The second-order valence-corrected chi connectivity index (χ2v) is 6.49. The number of nitrogens with one attached hydrogen (secondary N) is 1. The number of hydrogen-bond donors (Lipinski definition) is 1. The zero-order valence-electron chi connectivity index (χ0n) is 14.5. The molecule has 0 saturated heterocycles. The van der Waals surface area contributed by atoms with Crippen molar-refractivity contribution < 1.29 is 19.0 Å². The number of carbonyl (C=O) groups excluding carboxylic acids is 1. The molecular weight excluding hydrogens is 386 g/mol. The van der Waals surface area contributed by atoms with Crippen LogP contribution in [0.1, 0.15) is 24.2 Å². The SMILES string of the molecule is COCCOc1cccc(NC(=O)c2ccc(OC(C)C)c(Br)c2)c1. The third kappa shape index (κ3) is 6.07. The van der Waals surface area contributed by atoms with Crippen LogP contribution in [0.15, 0.2) is 46.9 Å². The molecule has 0 saturated carbocycles. The van der Waals surface area contributed by atoms with Crippen LogP contribution in [0.2, 0.25) is 0 Å². The van der Waals surface area contributed by atoms with Gasteiger partial charge in [0, 0.05) is 24.4 Å². The van der Waals surface area contributed by atoms with E-state index in [-0.39, 0.29) is 12.0 Å². The average molecular weight is 408 g/mol. The van der Waals surface area contributed by atoms with Crippen molar-refractivity contribution in [1.82, 2.24) is 0 Å². The van der Waals surface area contributed by atoms with Crippen molar-refractivity contribution >= 4 is 27.5 Å². The Morgan fingerprint density at radius 3 is 2.64 bits per heavy atom. The summed E-state index contributed by atoms with van der Waals surface area (Å²) < 4.78 is 16.9. The van der Waals surface area contributed by atoms with Gasteiger partial charge in [-0.2, -0.15) is 0 Å². The number of rotatable bonds is 8. The Bertz CT molecular complexity index is 718. The summed E-state index contributed by atoms with van der Waals surface area (Å²) in [5, 5.41) is 2.86. The Morgan fingerprint density at radius 2 is 1.96 bits per heavy atom. The maximum absolute atomic E-state index is 12.4. The minimum Gasteiger partial charge on any atom is -0.491 e. The number of anilines is 1. The number of ether oxygens (including phenoxy) is 3. The van der Waals surface area contributed by atoms with Gasteiger partial charge >= 0.3 is 0 Å². The molecule has 0 fully saturated rings. The van der Waals surface area contributed by atoms with Crippen LogP contribution in [0.5, 0.6) is 11.5 Å².